The molecule has 6 aromatic rings. The van der Waals surface area contributed by atoms with E-state index in [1.54, 1.807) is 61.9 Å². The molecule has 4 N–H and O–H groups in total. The first-order chi connectivity index (χ1) is 34.4. The molecule has 1 radical (unpaired) electrons. The van der Waals surface area contributed by atoms with Crippen molar-refractivity contribution in [2.45, 2.75) is 70.1 Å². The number of benzene rings is 3. The van der Waals surface area contributed by atoms with Crippen LogP contribution in [0.3, 0.4) is 0 Å². The number of unbranched alkanes of at least 4 members (excludes halogenated alkanes) is 2. The second kappa shape index (κ2) is 22.9. The summed E-state index contributed by atoms with van der Waals surface area (Å²) in [7, 11) is 1.66. The van der Waals surface area contributed by atoms with E-state index >= 15 is 4.39 Å². The van der Waals surface area contributed by atoms with Gasteiger partial charge in [-0.3, -0.25) is 38.8 Å². The molecule has 3 fully saturated rings. The van der Waals surface area contributed by atoms with Crippen molar-refractivity contribution in [3.8, 4) is 16.8 Å². The van der Waals surface area contributed by atoms with Gasteiger partial charge in [0.2, 0.25) is 11.8 Å². The summed E-state index contributed by atoms with van der Waals surface area (Å²) in [6.45, 7) is 8.75. The number of aliphatic hydroxyl groups is 1. The van der Waals surface area contributed by atoms with Crippen LogP contribution in [0, 0.1) is 18.8 Å². The maximum atomic E-state index is 15.3. The number of nitrogens with zero attached hydrogens (tertiary/aromatic N) is 6. The van der Waals surface area contributed by atoms with Crippen LogP contribution in [0.15, 0.2) is 101 Å². The molecule has 4 amide bonds. The maximum Gasteiger partial charge on any atom is 0.274 e. The second-order valence-electron chi connectivity index (χ2n) is 18.5. The molecule has 16 nitrogen and oxygen atoms in total. The number of amides is 4. The zero-order chi connectivity index (χ0) is 49.8. The zero-order valence-corrected chi connectivity index (χ0v) is 43.0. The van der Waals surface area contributed by atoms with E-state index in [0.717, 1.165) is 81.6 Å². The number of aliphatic hydroxyl groups excluding tert-OH is 1. The fraction of sp³-hybridized carbons (Fsp3) is 0.333. The van der Waals surface area contributed by atoms with Crippen LogP contribution in [-0.4, -0.2) is 98.0 Å². The van der Waals surface area contributed by atoms with Gasteiger partial charge in [0.15, 0.2) is 5.91 Å². The van der Waals surface area contributed by atoms with Crippen LogP contribution in [0.4, 0.5) is 21.6 Å². The van der Waals surface area contributed by atoms with Crippen LogP contribution in [0.5, 0.6) is 0 Å². The number of halogens is 1. The van der Waals surface area contributed by atoms with Crippen molar-refractivity contribution in [2.24, 2.45) is 7.05 Å². The van der Waals surface area contributed by atoms with Crippen LogP contribution < -0.4 is 32.0 Å². The Morgan fingerprint density at radius 2 is 1.72 bits per heavy atom. The molecule has 0 spiro atoms. The van der Waals surface area contributed by atoms with Crippen molar-refractivity contribution < 1.29 is 61.4 Å². The quantitative estimate of drug-likeness (QED) is 0.0613. The molecule has 1 atom stereocenters. The summed E-state index contributed by atoms with van der Waals surface area (Å²) in [5.74, 6) is -0.709. The molecule has 1 aliphatic carbocycles. The Hall–Kier alpha value is -6.53. The Bertz CT molecular complexity index is 3130. The third kappa shape index (κ3) is 11.5. The molecule has 3 aromatic carbocycles. The van der Waals surface area contributed by atoms with E-state index in [1.165, 1.54) is 20.1 Å². The van der Waals surface area contributed by atoms with Crippen LogP contribution in [0.1, 0.15) is 77.9 Å². The molecule has 72 heavy (non-hydrogen) atoms. The largest absolute Gasteiger partial charge is 0.392 e. The Balaban J connectivity index is 0.000000305. The molecule has 10 rings (SSSR count). The molecule has 6 heterocycles. The SMILES string of the molecule is O=C1CCC(N2Cc3[c-]cccc3C2=O)C(=O)N1.[CH2-]C(=O)NCCCCCN1CCN(c2ccc(Nc3cc(-c4cccc(-n5ccc6cc(C7CC7)cc(F)c6c5=O)c4CO)cn(C)c3=O)nc2)CC1.[Y]. The maximum absolute atomic E-state index is 15.3. The molecular weight excluding hydrogens is 995 g/mol. The predicted molar refractivity (Wildman–Crippen MR) is 268 cm³/mol. The van der Waals surface area contributed by atoms with Gasteiger partial charge in [0.1, 0.15) is 23.4 Å². The summed E-state index contributed by atoms with van der Waals surface area (Å²) < 4.78 is 18.2. The summed E-state index contributed by atoms with van der Waals surface area (Å²) >= 11 is 0. The van der Waals surface area contributed by atoms with Crippen LogP contribution in [-0.2, 0) is 67.3 Å². The number of piperidine rings is 1. The van der Waals surface area contributed by atoms with Gasteiger partial charge in [0.05, 0.1) is 35.5 Å². The number of carbonyl (C=O) groups is 4. The fourth-order valence-electron chi connectivity index (χ4n) is 9.69. The summed E-state index contributed by atoms with van der Waals surface area (Å²) in [5, 5.41) is 19.4. The van der Waals surface area contributed by atoms with E-state index in [4.69, 9.17) is 0 Å². The second-order valence-corrected chi connectivity index (χ2v) is 18.5. The number of aryl methyl sites for hydroxylation is 1. The minimum absolute atomic E-state index is 0. The first kappa shape index (κ1) is 51.8. The van der Waals surface area contributed by atoms with Gasteiger partial charge in [0.25, 0.3) is 11.1 Å². The first-order valence-corrected chi connectivity index (χ1v) is 24.1. The molecule has 3 aromatic heterocycles. The van der Waals surface area contributed by atoms with Crippen molar-refractivity contribution in [1.82, 2.24) is 34.6 Å². The summed E-state index contributed by atoms with van der Waals surface area (Å²) in [6, 6.07) is 23.7. The number of pyridine rings is 3. The molecule has 18 heteroatoms. The topological polar surface area (TPSA) is 191 Å². The van der Waals surface area contributed by atoms with Gasteiger partial charge in [-0.1, -0.05) is 30.2 Å². The molecule has 2 saturated heterocycles. The summed E-state index contributed by atoms with van der Waals surface area (Å²) in [6.07, 6.45) is 11.0. The smallest absolute Gasteiger partial charge is 0.274 e. The van der Waals surface area contributed by atoms with Gasteiger partial charge in [-0.15, -0.1) is 5.56 Å². The predicted octanol–water partition coefficient (Wildman–Crippen LogP) is 5.49. The molecule has 4 aliphatic rings. The Morgan fingerprint density at radius 3 is 2.43 bits per heavy atom. The number of carbonyl (C=O) groups excluding carboxylic acids is 4. The zero-order valence-electron chi connectivity index (χ0n) is 40.2. The van der Waals surface area contributed by atoms with Gasteiger partial charge in [-0.2, -0.15) is 24.3 Å². The van der Waals surface area contributed by atoms with E-state index < -0.39 is 17.4 Å². The van der Waals surface area contributed by atoms with Gasteiger partial charge in [-0.05, 0) is 97.5 Å². The van der Waals surface area contributed by atoms with Crippen molar-refractivity contribution >= 4 is 51.6 Å². The number of aromatic nitrogens is 3. The molecular formula is C54H56FN9O7Y-2. The van der Waals surface area contributed by atoms with Crippen molar-refractivity contribution in [3.63, 3.8) is 0 Å². The van der Waals surface area contributed by atoms with Crippen molar-refractivity contribution in [1.29, 1.82) is 0 Å². The fourth-order valence-corrected chi connectivity index (χ4v) is 9.69. The Kier molecular flexibility index (Phi) is 16.5. The number of anilines is 3. The molecule has 3 aliphatic heterocycles. The third-order valence-corrected chi connectivity index (χ3v) is 13.7. The van der Waals surface area contributed by atoms with Crippen molar-refractivity contribution in [2.75, 3.05) is 49.5 Å². The summed E-state index contributed by atoms with van der Waals surface area (Å²) in [5.41, 5.74) is 5.07. The molecule has 1 saturated carbocycles. The Labute approximate surface area is 441 Å². The van der Waals surface area contributed by atoms with Crippen LogP contribution in [0.25, 0.3) is 27.6 Å². The van der Waals surface area contributed by atoms with Gasteiger partial charge in [-0.25, -0.2) is 9.37 Å². The van der Waals surface area contributed by atoms with E-state index in [9.17, 15) is 33.9 Å². The average molecular weight is 1050 g/mol. The number of rotatable bonds is 14. The molecule has 1 unspecified atom stereocenters. The van der Waals surface area contributed by atoms with Crippen LogP contribution >= 0.6 is 0 Å². The normalized spacial score (nSPS) is 16.7. The Morgan fingerprint density at radius 1 is 0.931 bits per heavy atom. The number of hydrogen-bond acceptors (Lipinski definition) is 11. The standard InChI is InChI=1S/C41H45FN7O4.C13H11N2O3.Y/c1-27(51)43-14-4-3-5-15-47-17-19-48(20-18-47)32-11-12-38(44-24-32)45-36-23-31(25-46(2)40(36)52)33-7-6-8-37(34(33)26-50)49-16-13-29-21-30(28-9-10-28)22-35(42)39(29)41(49)53;16-11-6-5-10(12(17)14-11)15-7-8-3-1-2-4-9(8)13(15)18;/h6-8,11-13,16,21-25,28,50H,1,3-5,9-10,14-15,17-20,26H2,2H3,(H,43,51)(H,44,45);1-2,4,10H,5-7H2,(H,14,16,17);/q2*-1;. The number of imide groups is 1. The number of nitrogens with one attached hydrogen (secondary N) is 3. The minimum atomic E-state index is -0.545. The number of fused-ring (bicyclic) bond motifs is 2. The van der Waals surface area contributed by atoms with E-state index in [2.05, 4.69) is 43.7 Å². The van der Waals surface area contributed by atoms with E-state index in [0.29, 0.717) is 70.3 Å². The average Bonchev–Trinajstić information content (AvgIpc) is 4.17. The van der Waals surface area contributed by atoms with E-state index in [1.807, 2.05) is 30.5 Å². The third-order valence-electron chi connectivity index (χ3n) is 13.7. The van der Waals surface area contributed by atoms with Gasteiger partial charge < -0.3 is 41.8 Å². The number of piperazine rings is 1. The summed E-state index contributed by atoms with van der Waals surface area (Å²) in [4.78, 5) is 83.8. The molecule has 371 valence electrons. The van der Waals surface area contributed by atoms with Crippen LogP contribution in [0.2, 0.25) is 0 Å². The van der Waals surface area contributed by atoms with Crippen molar-refractivity contribution in [3.05, 3.63) is 153 Å². The number of hydrogen-bond donors (Lipinski definition) is 4. The van der Waals surface area contributed by atoms with E-state index in [-0.39, 0.29) is 80.3 Å². The van der Waals surface area contributed by atoms with Gasteiger partial charge in [0, 0.05) is 109 Å². The minimum Gasteiger partial charge on any atom is -0.392 e. The van der Waals surface area contributed by atoms with Gasteiger partial charge >= 0.3 is 0 Å². The molecule has 0 bridgehead atoms. The first-order valence-electron chi connectivity index (χ1n) is 24.1. The monoisotopic (exact) mass is 1050 g/mol.